The van der Waals surface area contributed by atoms with Gasteiger partial charge in [0, 0.05) is 31.7 Å². The molecule has 2 aromatic heterocycles. The third-order valence-electron chi connectivity index (χ3n) is 3.78. The summed E-state index contributed by atoms with van der Waals surface area (Å²) < 4.78 is 0. The summed E-state index contributed by atoms with van der Waals surface area (Å²) in [6, 6.07) is 12.1. The average molecular weight is 320 g/mol. The highest BCUT2D eigenvalue weighted by atomic mass is 15.3. The lowest BCUT2D eigenvalue weighted by Gasteiger charge is -2.17. The van der Waals surface area contributed by atoms with Crippen molar-refractivity contribution < 1.29 is 0 Å². The van der Waals surface area contributed by atoms with Gasteiger partial charge in [-0.1, -0.05) is 18.2 Å². The van der Waals surface area contributed by atoms with Crippen LogP contribution >= 0.6 is 0 Å². The number of hydrogen-bond donors (Lipinski definition) is 1. The Morgan fingerprint density at radius 3 is 2.67 bits per heavy atom. The van der Waals surface area contributed by atoms with Gasteiger partial charge in [-0.2, -0.15) is 10.1 Å². The highest BCUT2D eigenvalue weighted by molar-refractivity contribution is 5.60. The fourth-order valence-corrected chi connectivity index (χ4v) is 2.31. The molecule has 6 nitrogen and oxygen atoms in total. The van der Waals surface area contributed by atoms with Gasteiger partial charge in [-0.15, -0.1) is 5.10 Å². The van der Waals surface area contributed by atoms with Crippen molar-refractivity contribution in [1.82, 2.24) is 20.2 Å². The first-order chi connectivity index (χ1) is 11.7. The molecule has 0 fully saturated rings. The quantitative estimate of drug-likeness (QED) is 0.753. The molecule has 3 rings (SSSR count). The number of pyridine rings is 1. The molecule has 1 N–H and O–H groups in total. The van der Waals surface area contributed by atoms with E-state index in [1.54, 1.807) is 18.6 Å². The summed E-state index contributed by atoms with van der Waals surface area (Å²) in [6.07, 6.45) is 6.14. The van der Waals surface area contributed by atoms with E-state index in [2.05, 4.69) is 38.5 Å². The smallest absolute Gasteiger partial charge is 0.247 e. The van der Waals surface area contributed by atoms with Crippen LogP contribution in [-0.4, -0.2) is 33.8 Å². The fourth-order valence-electron chi connectivity index (χ4n) is 2.31. The highest BCUT2D eigenvalue weighted by Gasteiger charge is 2.07. The summed E-state index contributed by atoms with van der Waals surface area (Å²) in [4.78, 5) is 10.6. The van der Waals surface area contributed by atoms with Crippen LogP contribution in [0, 0.1) is 6.92 Å². The average Bonchev–Trinajstić information content (AvgIpc) is 2.63. The number of para-hydroxylation sites is 1. The number of anilines is 3. The summed E-state index contributed by atoms with van der Waals surface area (Å²) in [6.45, 7) is 2.86. The second-order valence-electron chi connectivity index (χ2n) is 5.61. The van der Waals surface area contributed by atoms with E-state index in [9.17, 15) is 0 Å². The van der Waals surface area contributed by atoms with Gasteiger partial charge in [0.15, 0.2) is 5.82 Å². The molecule has 6 heteroatoms. The first-order valence-corrected chi connectivity index (χ1v) is 7.85. The highest BCUT2D eigenvalue weighted by Crippen LogP contribution is 2.19. The maximum atomic E-state index is 4.55. The maximum absolute atomic E-state index is 4.55. The zero-order valence-corrected chi connectivity index (χ0v) is 13.8. The second kappa shape index (κ2) is 7.50. The minimum Gasteiger partial charge on any atom is -0.342 e. The Balaban J connectivity index is 1.67. The van der Waals surface area contributed by atoms with Gasteiger partial charge >= 0.3 is 0 Å². The molecule has 0 aliphatic rings. The van der Waals surface area contributed by atoms with E-state index < -0.39 is 0 Å². The number of rotatable bonds is 6. The number of nitrogens with zero attached hydrogens (tertiary/aromatic N) is 5. The van der Waals surface area contributed by atoms with E-state index in [0.717, 1.165) is 24.2 Å². The zero-order chi connectivity index (χ0) is 16.8. The lowest BCUT2D eigenvalue weighted by Crippen LogP contribution is -2.23. The van der Waals surface area contributed by atoms with Crippen LogP contribution in [0.5, 0.6) is 0 Å². The largest absolute Gasteiger partial charge is 0.342 e. The molecule has 122 valence electrons. The van der Waals surface area contributed by atoms with Gasteiger partial charge in [-0.3, -0.25) is 4.98 Å². The van der Waals surface area contributed by atoms with Crippen molar-refractivity contribution in [2.75, 3.05) is 23.8 Å². The van der Waals surface area contributed by atoms with Gasteiger partial charge in [0.1, 0.15) is 0 Å². The molecule has 1 aromatic carbocycles. The SMILES string of the molecule is Cc1ccccc1Nc1cnnc(N(C)CCc2ccncc2)n1. The zero-order valence-electron chi connectivity index (χ0n) is 13.8. The monoisotopic (exact) mass is 320 g/mol. The summed E-state index contributed by atoms with van der Waals surface area (Å²) >= 11 is 0. The first kappa shape index (κ1) is 15.9. The van der Waals surface area contributed by atoms with Crippen LogP contribution in [0.25, 0.3) is 0 Å². The lowest BCUT2D eigenvalue weighted by atomic mass is 10.2. The number of likely N-dealkylation sites (N-methyl/N-ethyl adjacent to an activating group) is 1. The third-order valence-corrected chi connectivity index (χ3v) is 3.78. The summed E-state index contributed by atoms with van der Waals surface area (Å²) in [7, 11) is 1.97. The third kappa shape index (κ3) is 4.04. The second-order valence-corrected chi connectivity index (χ2v) is 5.61. The van der Waals surface area contributed by atoms with Gasteiger partial charge in [-0.25, -0.2) is 0 Å². The van der Waals surface area contributed by atoms with Crippen LogP contribution in [-0.2, 0) is 6.42 Å². The molecular formula is C18H20N6. The van der Waals surface area contributed by atoms with E-state index in [4.69, 9.17) is 0 Å². The molecule has 0 unspecified atom stereocenters. The topological polar surface area (TPSA) is 66.8 Å². The number of hydrogen-bond acceptors (Lipinski definition) is 6. The minimum absolute atomic E-state index is 0.600. The normalized spacial score (nSPS) is 10.4. The lowest BCUT2D eigenvalue weighted by molar-refractivity contribution is 0.812. The van der Waals surface area contributed by atoms with E-state index in [-0.39, 0.29) is 0 Å². The fraction of sp³-hybridized carbons (Fsp3) is 0.222. The Morgan fingerprint density at radius 2 is 1.88 bits per heavy atom. The standard InChI is InChI=1S/C18H20N6/c1-14-5-3-4-6-16(14)21-17-13-20-23-18(22-17)24(2)12-9-15-7-10-19-11-8-15/h3-8,10-11,13H,9,12H2,1-2H3,(H,21,22,23). The van der Waals surface area contributed by atoms with Crippen molar-refractivity contribution in [3.05, 3.63) is 66.1 Å². The summed E-state index contributed by atoms with van der Waals surface area (Å²) in [5.74, 6) is 1.28. The van der Waals surface area contributed by atoms with Crippen LogP contribution in [0.4, 0.5) is 17.5 Å². The van der Waals surface area contributed by atoms with E-state index in [1.165, 1.54) is 5.56 Å². The Hall–Kier alpha value is -3.02. The van der Waals surface area contributed by atoms with E-state index in [1.807, 2.05) is 42.3 Å². The predicted octanol–water partition coefficient (Wildman–Crippen LogP) is 3.00. The molecule has 3 aromatic rings. The Kier molecular flexibility index (Phi) is 4.96. The predicted molar refractivity (Wildman–Crippen MR) is 95.5 cm³/mol. The number of aryl methyl sites for hydroxylation is 1. The molecule has 0 bridgehead atoms. The number of nitrogens with one attached hydrogen (secondary N) is 1. The number of benzene rings is 1. The molecule has 0 saturated carbocycles. The number of aromatic nitrogens is 4. The van der Waals surface area contributed by atoms with Crippen LogP contribution in [0.2, 0.25) is 0 Å². The van der Waals surface area contributed by atoms with Gasteiger partial charge in [0.25, 0.3) is 0 Å². The Bertz CT molecular complexity index is 790. The van der Waals surface area contributed by atoms with Crippen molar-refractivity contribution in [3.63, 3.8) is 0 Å². The molecule has 0 saturated heterocycles. The molecule has 24 heavy (non-hydrogen) atoms. The van der Waals surface area contributed by atoms with Crippen molar-refractivity contribution >= 4 is 17.5 Å². The molecule has 0 atom stereocenters. The molecule has 0 amide bonds. The van der Waals surface area contributed by atoms with Crippen LogP contribution in [0.1, 0.15) is 11.1 Å². The molecule has 0 aliphatic heterocycles. The van der Waals surface area contributed by atoms with Crippen molar-refractivity contribution in [3.8, 4) is 0 Å². The molecule has 0 aliphatic carbocycles. The van der Waals surface area contributed by atoms with E-state index in [0.29, 0.717) is 11.8 Å². The van der Waals surface area contributed by atoms with Gasteiger partial charge in [0.2, 0.25) is 5.95 Å². The summed E-state index contributed by atoms with van der Waals surface area (Å²) in [5.41, 5.74) is 3.41. The Morgan fingerprint density at radius 1 is 1.08 bits per heavy atom. The van der Waals surface area contributed by atoms with Gasteiger partial charge < -0.3 is 10.2 Å². The van der Waals surface area contributed by atoms with Crippen LogP contribution < -0.4 is 10.2 Å². The minimum atomic E-state index is 0.600. The molecular weight excluding hydrogens is 300 g/mol. The molecule has 0 spiro atoms. The molecule has 2 heterocycles. The van der Waals surface area contributed by atoms with Crippen molar-refractivity contribution in [1.29, 1.82) is 0 Å². The first-order valence-electron chi connectivity index (χ1n) is 7.85. The van der Waals surface area contributed by atoms with Crippen LogP contribution in [0.15, 0.2) is 55.0 Å². The van der Waals surface area contributed by atoms with E-state index >= 15 is 0 Å². The van der Waals surface area contributed by atoms with Crippen LogP contribution in [0.3, 0.4) is 0 Å². The van der Waals surface area contributed by atoms with Crippen molar-refractivity contribution in [2.45, 2.75) is 13.3 Å². The van der Waals surface area contributed by atoms with Crippen molar-refractivity contribution in [2.24, 2.45) is 0 Å². The van der Waals surface area contributed by atoms with Gasteiger partial charge in [-0.05, 0) is 42.7 Å². The van der Waals surface area contributed by atoms with Gasteiger partial charge in [0.05, 0.1) is 6.20 Å². The summed E-state index contributed by atoms with van der Waals surface area (Å²) in [5, 5.41) is 11.5. The molecule has 0 radical (unpaired) electrons. The maximum Gasteiger partial charge on any atom is 0.247 e. The Labute approximate surface area is 141 Å².